The Bertz CT molecular complexity index is 350. The third-order valence-corrected chi connectivity index (χ3v) is 5.05. The van der Waals surface area contributed by atoms with Crippen molar-refractivity contribution in [3.8, 4) is 0 Å². The van der Waals surface area contributed by atoms with Crippen LogP contribution in [0.3, 0.4) is 0 Å². The first-order chi connectivity index (χ1) is 9.93. The summed E-state index contributed by atoms with van der Waals surface area (Å²) in [6.07, 6.45) is 3.47. The van der Waals surface area contributed by atoms with Gasteiger partial charge in [0.25, 0.3) is 0 Å². The van der Waals surface area contributed by atoms with Crippen LogP contribution in [0, 0.1) is 11.8 Å². The molecule has 2 atom stereocenters. The molecular weight excluding hydrogens is 270 g/mol. The SMILES string of the molecule is CCOC(=O)C1CCC(O)(CN2CCC(C(C)O)C2)CC1. The van der Waals surface area contributed by atoms with Gasteiger partial charge in [0.15, 0.2) is 0 Å². The maximum absolute atomic E-state index is 11.7. The summed E-state index contributed by atoms with van der Waals surface area (Å²) in [5, 5.41) is 20.4. The largest absolute Gasteiger partial charge is 0.466 e. The zero-order valence-electron chi connectivity index (χ0n) is 13.3. The van der Waals surface area contributed by atoms with Gasteiger partial charge in [-0.05, 0) is 58.4 Å². The molecule has 21 heavy (non-hydrogen) atoms. The van der Waals surface area contributed by atoms with Crippen molar-refractivity contribution < 1.29 is 19.7 Å². The van der Waals surface area contributed by atoms with E-state index in [4.69, 9.17) is 4.74 Å². The molecule has 1 heterocycles. The van der Waals surface area contributed by atoms with Crippen molar-refractivity contribution in [2.24, 2.45) is 11.8 Å². The number of esters is 1. The minimum Gasteiger partial charge on any atom is -0.466 e. The molecule has 122 valence electrons. The Hall–Kier alpha value is -0.650. The van der Waals surface area contributed by atoms with E-state index < -0.39 is 5.60 Å². The van der Waals surface area contributed by atoms with E-state index >= 15 is 0 Å². The molecule has 0 aromatic carbocycles. The Morgan fingerprint density at radius 3 is 2.57 bits per heavy atom. The molecule has 0 amide bonds. The number of hydrogen-bond acceptors (Lipinski definition) is 5. The zero-order chi connectivity index (χ0) is 15.5. The average molecular weight is 299 g/mol. The summed E-state index contributed by atoms with van der Waals surface area (Å²) in [6, 6.07) is 0. The second-order valence-corrected chi connectivity index (χ2v) is 6.78. The van der Waals surface area contributed by atoms with Gasteiger partial charge < -0.3 is 19.8 Å². The summed E-state index contributed by atoms with van der Waals surface area (Å²) in [4.78, 5) is 14.0. The molecule has 1 aliphatic heterocycles. The first-order valence-corrected chi connectivity index (χ1v) is 8.23. The van der Waals surface area contributed by atoms with E-state index in [1.54, 1.807) is 0 Å². The number of aliphatic hydroxyl groups is 2. The Balaban J connectivity index is 1.79. The molecule has 0 bridgehead atoms. The Kier molecular flexibility index (Phi) is 5.63. The lowest BCUT2D eigenvalue weighted by molar-refractivity contribution is -0.151. The maximum Gasteiger partial charge on any atom is 0.308 e. The smallest absolute Gasteiger partial charge is 0.308 e. The topological polar surface area (TPSA) is 70.0 Å². The number of β-amino-alcohol motifs (C(OH)–C–C–N with tert-alkyl or cyclic N) is 1. The molecule has 0 aromatic heterocycles. The third kappa shape index (κ3) is 4.41. The average Bonchev–Trinajstić information content (AvgIpc) is 2.88. The zero-order valence-corrected chi connectivity index (χ0v) is 13.3. The van der Waals surface area contributed by atoms with E-state index in [1.165, 1.54) is 0 Å². The summed E-state index contributed by atoms with van der Waals surface area (Å²) in [6.45, 7) is 6.55. The number of nitrogens with zero attached hydrogens (tertiary/aromatic N) is 1. The second kappa shape index (κ2) is 7.07. The predicted molar refractivity (Wildman–Crippen MR) is 79.8 cm³/mol. The van der Waals surface area contributed by atoms with E-state index in [2.05, 4.69) is 4.90 Å². The molecule has 1 aliphatic carbocycles. The van der Waals surface area contributed by atoms with Gasteiger partial charge in [-0.25, -0.2) is 0 Å². The lowest BCUT2D eigenvalue weighted by Gasteiger charge is -2.38. The van der Waals surface area contributed by atoms with Crippen LogP contribution in [0.15, 0.2) is 0 Å². The third-order valence-electron chi connectivity index (χ3n) is 5.05. The number of hydrogen-bond donors (Lipinski definition) is 2. The van der Waals surface area contributed by atoms with E-state index in [0.29, 0.717) is 44.8 Å². The highest BCUT2D eigenvalue weighted by Gasteiger charge is 2.39. The summed E-state index contributed by atoms with van der Waals surface area (Å²) < 4.78 is 5.06. The van der Waals surface area contributed by atoms with Gasteiger partial charge >= 0.3 is 5.97 Å². The van der Waals surface area contributed by atoms with Crippen LogP contribution in [0.25, 0.3) is 0 Å². The molecule has 0 aromatic rings. The number of rotatable bonds is 5. The van der Waals surface area contributed by atoms with Gasteiger partial charge in [-0.2, -0.15) is 0 Å². The number of likely N-dealkylation sites (tertiary alicyclic amines) is 1. The van der Waals surface area contributed by atoms with Crippen LogP contribution < -0.4 is 0 Å². The van der Waals surface area contributed by atoms with Crippen molar-refractivity contribution in [2.75, 3.05) is 26.2 Å². The van der Waals surface area contributed by atoms with E-state index in [1.807, 2.05) is 13.8 Å². The quantitative estimate of drug-likeness (QED) is 0.746. The molecule has 0 spiro atoms. The fraction of sp³-hybridized carbons (Fsp3) is 0.938. The Morgan fingerprint density at radius 1 is 1.38 bits per heavy atom. The second-order valence-electron chi connectivity index (χ2n) is 6.78. The molecule has 2 unspecified atom stereocenters. The Labute approximate surface area is 127 Å². The van der Waals surface area contributed by atoms with Crippen molar-refractivity contribution >= 4 is 5.97 Å². The minimum atomic E-state index is -0.684. The highest BCUT2D eigenvalue weighted by atomic mass is 16.5. The number of carbonyl (C=O) groups excluding carboxylic acids is 1. The molecule has 2 N–H and O–H groups in total. The van der Waals surface area contributed by atoms with Crippen molar-refractivity contribution in [2.45, 2.75) is 57.7 Å². The number of aliphatic hydroxyl groups excluding tert-OH is 1. The van der Waals surface area contributed by atoms with Gasteiger partial charge in [-0.15, -0.1) is 0 Å². The standard InChI is InChI=1S/C16H29NO4/c1-3-21-15(19)13-4-7-16(20,8-5-13)11-17-9-6-14(10-17)12(2)18/h12-14,18,20H,3-11H2,1-2H3. The lowest BCUT2D eigenvalue weighted by atomic mass is 9.78. The van der Waals surface area contributed by atoms with Gasteiger partial charge in [-0.1, -0.05) is 0 Å². The molecular formula is C16H29NO4. The Morgan fingerprint density at radius 2 is 2.05 bits per heavy atom. The van der Waals surface area contributed by atoms with Crippen LogP contribution in [-0.4, -0.2) is 59.0 Å². The van der Waals surface area contributed by atoms with E-state index in [9.17, 15) is 15.0 Å². The van der Waals surface area contributed by atoms with Crippen LogP contribution in [0.1, 0.15) is 46.0 Å². The van der Waals surface area contributed by atoms with Gasteiger partial charge in [0.2, 0.25) is 0 Å². The van der Waals surface area contributed by atoms with Gasteiger partial charge in [-0.3, -0.25) is 4.79 Å². The number of carbonyl (C=O) groups is 1. The highest BCUT2D eigenvalue weighted by molar-refractivity contribution is 5.72. The van der Waals surface area contributed by atoms with Crippen molar-refractivity contribution in [1.82, 2.24) is 4.90 Å². The van der Waals surface area contributed by atoms with Gasteiger partial charge in [0.1, 0.15) is 0 Å². The predicted octanol–water partition coefficient (Wildman–Crippen LogP) is 1.17. The minimum absolute atomic E-state index is 0.0472. The lowest BCUT2D eigenvalue weighted by Crippen LogP contribution is -2.46. The molecule has 1 saturated heterocycles. The molecule has 2 fully saturated rings. The van der Waals surface area contributed by atoms with Crippen molar-refractivity contribution in [3.63, 3.8) is 0 Å². The first-order valence-electron chi connectivity index (χ1n) is 8.23. The highest BCUT2D eigenvalue weighted by Crippen LogP contribution is 2.34. The fourth-order valence-corrected chi connectivity index (χ4v) is 3.63. The van der Waals surface area contributed by atoms with Crippen LogP contribution in [0.2, 0.25) is 0 Å². The molecule has 1 saturated carbocycles. The van der Waals surface area contributed by atoms with Crippen LogP contribution >= 0.6 is 0 Å². The summed E-state index contributed by atoms with van der Waals surface area (Å²) in [7, 11) is 0. The van der Waals surface area contributed by atoms with Crippen LogP contribution in [-0.2, 0) is 9.53 Å². The molecule has 5 nitrogen and oxygen atoms in total. The van der Waals surface area contributed by atoms with Gasteiger partial charge in [0, 0.05) is 13.1 Å². The summed E-state index contributed by atoms with van der Waals surface area (Å²) in [5.41, 5.74) is -0.684. The summed E-state index contributed by atoms with van der Waals surface area (Å²) in [5.74, 6) is 0.161. The normalized spacial score (nSPS) is 35.6. The van der Waals surface area contributed by atoms with Crippen LogP contribution in [0.5, 0.6) is 0 Å². The summed E-state index contributed by atoms with van der Waals surface area (Å²) >= 11 is 0. The molecule has 5 heteroatoms. The monoisotopic (exact) mass is 299 g/mol. The maximum atomic E-state index is 11.7. The van der Waals surface area contributed by atoms with Gasteiger partial charge in [0.05, 0.1) is 24.2 Å². The molecule has 0 radical (unpaired) electrons. The number of ether oxygens (including phenoxy) is 1. The van der Waals surface area contributed by atoms with Crippen molar-refractivity contribution in [1.29, 1.82) is 0 Å². The van der Waals surface area contributed by atoms with Crippen LogP contribution in [0.4, 0.5) is 0 Å². The first kappa shape index (κ1) is 16.7. The van der Waals surface area contributed by atoms with E-state index in [-0.39, 0.29) is 18.0 Å². The molecule has 2 aliphatic rings. The fourth-order valence-electron chi connectivity index (χ4n) is 3.63. The molecule has 2 rings (SSSR count). The van der Waals surface area contributed by atoms with Crippen molar-refractivity contribution in [3.05, 3.63) is 0 Å². The van der Waals surface area contributed by atoms with E-state index in [0.717, 1.165) is 19.5 Å².